The lowest BCUT2D eigenvalue weighted by Crippen LogP contribution is -2.24. The van der Waals surface area contributed by atoms with Crippen LogP contribution < -0.4 is 5.32 Å². The number of thioether (sulfide) groups is 1. The Balaban J connectivity index is 1.99. The minimum atomic E-state index is 0.664. The summed E-state index contributed by atoms with van der Waals surface area (Å²) in [5, 5.41) is 3.60. The third-order valence-corrected chi connectivity index (χ3v) is 3.65. The molecule has 0 aliphatic carbocycles. The minimum Gasteiger partial charge on any atom is -0.382 e. The van der Waals surface area contributed by atoms with Crippen LogP contribution in [-0.4, -0.2) is 22.5 Å². The largest absolute Gasteiger partial charge is 0.382 e. The molecule has 1 aliphatic heterocycles. The highest BCUT2D eigenvalue weighted by molar-refractivity contribution is 7.99. The van der Waals surface area contributed by atoms with Crippen LogP contribution in [0.2, 0.25) is 0 Å². The molecule has 14 heavy (non-hydrogen) atoms. The van der Waals surface area contributed by atoms with Crippen LogP contribution in [0.4, 0.5) is 5.69 Å². The highest BCUT2D eigenvalue weighted by Gasteiger charge is 2.13. The van der Waals surface area contributed by atoms with Crippen molar-refractivity contribution in [1.29, 1.82) is 0 Å². The van der Waals surface area contributed by atoms with Crippen molar-refractivity contribution in [1.82, 2.24) is 4.98 Å². The molecule has 76 valence electrons. The molecule has 0 amide bonds. The number of hydrogen-bond acceptors (Lipinski definition) is 3. The van der Waals surface area contributed by atoms with Crippen LogP contribution in [0.25, 0.3) is 0 Å². The van der Waals surface area contributed by atoms with E-state index >= 15 is 0 Å². The maximum atomic E-state index is 4.09. The van der Waals surface area contributed by atoms with Gasteiger partial charge in [0, 0.05) is 24.1 Å². The predicted molar refractivity (Wildman–Crippen MR) is 62.9 cm³/mol. The van der Waals surface area contributed by atoms with Crippen LogP contribution in [0.15, 0.2) is 18.5 Å². The molecule has 0 saturated carbocycles. The summed E-state index contributed by atoms with van der Waals surface area (Å²) in [6.45, 7) is 2.10. The number of aryl methyl sites for hydroxylation is 1. The summed E-state index contributed by atoms with van der Waals surface area (Å²) in [5.74, 6) is 2.59. The first-order valence-electron chi connectivity index (χ1n) is 5.11. The van der Waals surface area contributed by atoms with Gasteiger partial charge >= 0.3 is 0 Å². The quantitative estimate of drug-likeness (QED) is 0.809. The zero-order chi connectivity index (χ0) is 9.80. The molecule has 1 N–H and O–H groups in total. The number of nitrogens with one attached hydrogen (secondary N) is 1. The molecule has 2 nitrogen and oxygen atoms in total. The van der Waals surface area contributed by atoms with Crippen molar-refractivity contribution in [3.05, 3.63) is 24.0 Å². The highest BCUT2D eigenvalue weighted by atomic mass is 32.2. The molecule has 2 heterocycles. The summed E-state index contributed by atoms with van der Waals surface area (Å²) in [5.41, 5.74) is 2.49. The molecule has 0 atom stereocenters. The van der Waals surface area contributed by atoms with Gasteiger partial charge in [-0.25, -0.2) is 0 Å². The maximum absolute atomic E-state index is 4.09. The third-order valence-electron chi connectivity index (χ3n) is 2.60. The second-order valence-electron chi connectivity index (χ2n) is 3.72. The molecule has 3 heteroatoms. The number of aromatic nitrogens is 1. The van der Waals surface area contributed by atoms with Gasteiger partial charge in [-0.15, -0.1) is 0 Å². The molecular weight excluding hydrogens is 192 g/mol. The van der Waals surface area contributed by atoms with Gasteiger partial charge < -0.3 is 5.32 Å². The highest BCUT2D eigenvalue weighted by Crippen LogP contribution is 2.22. The van der Waals surface area contributed by atoms with Crippen LogP contribution >= 0.6 is 11.8 Å². The molecule has 2 rings (SSSR count). The first-order chi connectivity index (χ1) is 6.86. The summed E-state index contributed by atoms with van der Waals surface area (Å²) in [6, 6.07) is 2.73. The van der Waals surface area contributed by atoms with Crippen molar-refractivity contribution >= 4 is 17.4 Å². The maximum Gasteiger partial charge on any atom is 0.0402 e. The van der Waals surface area contributed by atoms with E-state index in [0.29, 0.717) is 6.04 Å². The first kappa shape index (κ1) is 9.84. The Morgan fingerprint density at radius 2 is 2.21 bits per heavy atom. The van der Waals surface area contributed by atoms with Crippen LogP contribution in [0, 0.1) is 6.92 Å². The number of pyridine rings is 1. The summed E-state index contributed by atoms with van der Waals surface area (Å²) >= 11 is 2.06. The Kier molecular flexibility index (Phi) is 3.30. The van der Waals surface area contributed by atoms with Gasteiger partial charge in [-0.2, -0.15) is 11.8 Å². The molecule has 1 fully saturated rings. The van der Waals surface area contributed by atoms with E-state index < -0.39 is 0 Å². The van der Waals surface area contributed by atoms with Gasteiger partial charge in [0.1, 0.15) is 0 Å². The Labute approximate surface area is 89.5 Å². The van der Waals surface area contributed by atoms with E-state index in [2.05, 4.69) is 35.1 Å². The lowest BCUT2D eigenvalue weighted by atomic mass is 10.1. The number of rotatable bonds is 2. The molecule has 1 aliphatic rings. The second-order valence-corrected chi connectivity index (χ2v) is 4.95. The van der Waals surface area contributed by atoms with Gasteiger partial charge in [0.25, 0.3) is 0 Å². The van der Waals surface area contributed by atoms with Crippen molar-refractivity contribution in [2.24, 2.45) is 0 Å². The Morgan fingerprint density at radius 3 is 2.93 bits per heavy atom. The molecule has 1 aromatic rings. The summed E-state index contributed by atoms with van der Waals surface area (Å²) < 4.78 is 0. The fourth-order valence-corrected chi connectivity index (χ4v) is 2.80. The van der Waals surface area contributed by atoms with E-state index in [-0.39, 0.29) is 0 Å². The van der Waals surface area contributed by atoms with Crippen molar-refractivity contribution in [3.8, 4) is 0 Å². The van der Waals surface area contributed by atoms with E-state index in [0.717, 1.165) is 0 Å². The van der Waals surface area contributed by atoms with Crippen molar-refractivity contribution < 1.29 is 0 Å². The summed E-state index contributed by atoms with van der Waals surface area (Å²) in [7, 11) is 0. The Hall–Kier alpha value is -0.700. The normalized spacial score (nSPS) is 18.1. The SMILES string of the molecule is Cc1cnccc1NC1CCSCC1. The fraction of sp³-hybridized carbons (Fsp3) is 0.545. The van der Waals surface area contributed by atoms with Crippen LogP contribution in [0.3, 0.4) is 0 Å². The Morgan fingerprint density at radius 1 is 1.43 bits per heavy atom. The van der Waals surface area contributed by atoms with Gasteiger partial charge in [-0.05, 0) is 42.9 Å². The molecule has 0 spiro atoms. The van der Waals surface area contributed by atoms with E-state index in [1.165, 1.54) is 35.6 Å². The van der Waals surface area contributed by atoms with Crippen LogP contribution in [-0.2, 0) is 0 Å². The summed E-state index contributed by atoms with van der Waals surface area (Å²) in [6.07, 6.45) is 6.34. The average Bonchev–Trinajstić information content (AvgIpc) is 2.23. The zero-order valence-electron chi connectivity index (χ0n) is 8.49. The van der Waals surface area contributed by atoms with Crippen LogP contribution in [0.5, 0.6) is 0 Å². The second kappa shape index (κ2) is 4.69. The lowest BCUT2D eigenvalue weighted by molar-refractivity contribution is 0.666. The molecule has 1 saturated heterocycles. The molecular formula is C11H16N2S. The first-order valence-corrected chi connectivity index (χ1v) is 6.26. The molecule has 1 aromatic heterocycles. The zero-order valence-corrected chi connectivity index (χ0v) is 9.31. The van der Waals surface area contributed by atoms with E-state index in [9.17, 15) is 0 Å². The van der Waals surface area contributed by atoms with E-state index in [4.69, 9.17) is 0 Å². The van der Waals surface area contributed by atoms with E-state index in [1.54, 1.807) is 0 Å². The monoisotopic (exact) mass is 208 g/mol. The molecule has 0 aromatic carbocycles. The Bertz CT molecular complexity index is 295. The standard InChI is InChI=1S/C11H16N2S/c1-9-8-12-5-2-11(9)13-10-3-6-14-7-4-10/h2,5,8,10H,3-4,6-7H2,1H3,(H,12,13). The van der Waals surface area contributed by atoms with Crippen molar-refractivity contribution in [2.75, 3.05) is 16.8 Å². The third kappa shape index (κ3) is 2.41. The number of hydrogen-bond donors (Lipinski definition) is 1. The molecule has 0 unspecified atom stereocenters. The molecule has 0 bridgehead atoms. The fourth-order valence-electron chi connectivity index (χ4n) is 1.70. The van der Waals surface area contributed by atoms with Crippen molar-refractivity contribution in [2.45, 2.75) is 25.8 Å². The lowest BCUT2D eigenvalue weighted by Gasteiger charge is -2.24. The summed E-state index contributed by atoms with van der Waals surface area (Å²) in [4.78, 5) is 4.09. The van der Waals surface area contributed by atoms with Gasteiger partial charge in [0.05, 0.1) is 0 Å². The van der Waals surface area contributed by atoms with Gasteiger partial charge in [0.2, 0.25) is 0 Å². The van der Waals surface area contributed by atoms with Gasteiger partial charge in [-0.1, -0.05) is 0 Å². The predicted octanol–water partition coefficient (Wildman–Crippen LogP) is 2.70. The van der Waals surface area contributed by atoms with Crippen molar-refractivity contribution in [3.63, 3.8) is 0 Å². The van der Waals surface area contributed by atoms with Gasteiger partial charge in [-0.3, -0.25) is 4.98 Å². The molecule has 0 radical (unpaired) electrons. The smallest absolute Gasteiger partial charge is 0.0402 e. The minimum absolute atomic E-state index is 0.664. The topological polar surface area (TPSA) is 24.9 Å². The average molecular weight is 208 g/mol. The van der Waals surface area contributed by atoms with Crippen LogP contribution in [0.1, 0.15) is 18.4 Å². The number of anilines is 1. The van der Waals surface area contributed by atoms with Gasteiger partial charge in [0.15, 0.2) is 0 Å². The number of nitrogens with zero attached hydrogens (tertiary/aromatic N) is 1. The van der Waals surface area contributed by atoms with E-state index in [1.807, 2.05) is 12.4 Å².